The number of aromatic hydroxyl groups is 1. The number of fused-ring (bicyclic) bond motifs is 1. The lowest BCUT2D eigenvalue weighted by molar-refractivity contribution is 0.413. The molecule has 0 saturated heterocycles. The molecule has 138 valence electrons. The van der Waals surface area contributed by atoms with Crippen molar-refractivity contribution in [2.75, 3.05) is 7.11 Å². The van der Waals surface area contributed by atoms with Crippen LogP contribution in [0.4, 0.5) is 5.82 Å². The van der Waals surface area contributed by atoms with E-state index in [1.54, 1.807) is 67.9 Å². The third-order valence-electron chi connectivity index (χ3n) is 4.39. The van der Waals surface area contributed by atoms with Gasteiger partial charge in [0.25, 0.3) is 5.56 Å². The minimum Gasteiger partial charge on any atom is -0.497 e. The van der Waals surface area contributed by atoms with Crippen LogP contribution in [0.15, 0.2) is 82.7 Å². The van der Waals surface area contributed by atoms with E-state index in [-0.39, 0.29) is 11.4 Å². The predicted octanol–water partition coefficient (Wildman–Crippen LogP) is 3.85. The van der Waals surface area contributed by atoms with Crippen LogP contribution in [0.25, 0.3) is 16.5 Å². The Balaban J connectivity index is 1.99. The number of benzene rings is 2. The Morgan fingerprint density at radius 3 is 2.57 bits per heavy atom. The van der Waals surface area contributed by atoms with Crippen LogP contribution in [0.5, 0.6) is 11.6 Å². The SMILES string of the molecule is COc1cccc(-n2c(O)c(C=Nc3ccccn3)c3ccccc3c2=O)c1. The van der Waals surface area contributed by atoms with Gasteiger partial charge in [-0.3, -0.25) is 4.79 Å². The molecule has 4 aromatic rings. The number of aliphatic imine (C=N–C) groups is 1. The van der Waals surface area contributed by atoms with Crippen LogP contribution in [0.1, 0.15) is 5.56 Å². The highest BCUT2D eigenvalue weighted by atomic mass is 16.5. The van der Waals surface area contributed by atoms with Crippen molar-refractivity contribution < 1.29 is 9.84 Å². The summed E-state index contributed by atoms with van der Waals surface area (Å²) in [5, 5.41) is 12.1. The number of pyridine rings is 2. The normalized spacial score (nSPS) is 11.2. The monoisotopic (exact) mass is 371 g/mol. The fourth-order valence-corrected chi connectivity index (χ4v) is 3.04. The van der Waals surface area contributed by atoms with Crippen LogP contribution in [0.2, 0.25) is 0 Å². The Kier molecular flexibility index (Phi) is 4.60. The fourth-order valence-electron chi connectivity index (χ4n) is 3.04. The van der Waals surface area contributed by atoms with Crippen molar-refractivity contribution in [3.8, 4) is 17.3 Å². The summed E-state index contributed by atoms with van der Waals surface area (Å²) in [4.78, 5) is 21.6. The van der Waals surface area contributed by atoms with E-state index in [1.807, 2.05) is 12.1 Å². The third kappa shape index (κ3) is 3.12. The van der Waals surface area contributed by atoms with Gasteiger partial charge in [0.15, 0.2) is 5.82 Å². The molecule has 28 heavy (non-hydrogen) atoms. The van der Waals surface area contributed by atoms with Crippen molar-refractivity contribution >= 4 is 22.8 Å². The van der Waals surface area contributed by atoms with Crippen molar-refractivity contribution in [3.63, 3.8) is 0 Å². The van der Waals surface area contributed by atoms with E-state index < -0.39 is 0 Å². The second-order valence-electron chi connectivity index (χ2n) is 6.07. The molecule has 0 aliphatic heterocycles. The topological polar surface area (TPSA) is 76.7 Å². The maximum absolute atomic E-state index is 13.1. The summed E-state index contributed by atoms with van der Waals surface area (Å²) in [6.07, 6.45) is 3.16. The van der Waals surface area contributed by atoms with E-state index in [1.165, 1.54) is 10.8 Å². The van der Waals surface area contributed by atoms with Gasteiger partial charge in [0.2, 0.25) is 5.88 Å². The molecular formula is C22H17N3O3. The Hall–Kier alpha value is -3.93. The Morgan fingerprint density at radius 1 is 1.04 bits per heavy atom. The average Bonchev–Trinajstić information content (AvgIpc) is 2.75. The van der Waals surface area contributed by atoms with Crippen LogP contribution in [0, 0.1) is 0 Å². The first kappa shape index (κ1) is 17.5. The summed E-state index contributed by atoms with van der Waals surface area (Å²) in [5.74, 6) is 0.891. The highest BCUT2D eigenvalue weighted by molar-refractivity contribution is 6.02. The molecule has 2 aromatic heterocycles. The quantitative estimate of drug-likeness (QED) is 0.553. The molecule has 0 saturated carbocycles. The molecule has 0 aliphatic rings. The van der Waals surface area contributed by atoms with Crippen molar-refractivity contribution in [2.45, 2.75) is 0 Å². The zero-order valence-corrected chi connectivity index (χ0v) is 15.1. The molecule has 2 aromatic carbocycles. The van der Waals surface area contributed by atoms with E-state index in [0.717, 1.165) is 0 Å². The molecule has 0 bridgehead atoms. The average molecular weight is 371 g/mol. The van der Waals surface area contributed by atoms with E-state index in [4.69, 9.17) is 4.74 Å². The Morgan fingerprint density at radius 2 is 1.82 bits per heavy atom. The smallest absolute Gasteiger partial charge is 0.265 e. The molecule has 1 N–H and O–H groups in total. The van der Waals surface area contributed by atoms with Gasteiger partial charge in [-0.1, -0.05) is 30.3 Å². The van der Waals surface area contributed by atoms with Crippen LogP contribution in [-0.2, 0) is 0 Å². The number of ether oxygens (including phenoxy) is 1. The predicted molar refractivity (Wildman–Crippen MR) is 109 cm³/mol. The molecular weight excluding hydrogens is 354 g/mol. The summed E-state index contributed by atoms with van der Waals surface area (Å²) >= 11 is 0. The highest BCUT2D eigenvalue weighted by Gasteiger charge is 2.16. The zero-order valence-electron chi connectivity index (χ0n) is 15.1. The van der Waals surface area contributed by atoms with E-state index in [2.05, 4.69) is 9.98 Å². The number of aromatic nitrogens is 2. The maximum atomic E-state index is 13.1. The molecule has 0 atom stereocenters. The number of hydrogen-bond donors (Lipinski definition) is 1. The molecule has 6 heteroatoms. The number of rotatable bonds is 4. The zero-order chi connectivity index (χ0) is 19.5. The highest BCUT2D eigenvalue weighted by Crippen LogP contribution is 2.27. The summed E-state index contributed by atoms with van der Waals surface area (Å²) in [7, 11) is 1.55. The molecule has 6 nitrogen and oxygen atoms in total. The van der Waals surface area contributed by atoms with Crippen molar-refractivity contribution in [1.82, 2.24) is 9.55 Å². The fraction of sp³-hybridized carbons (Fsp3) is 0.0455. The van der Waals surface area contributed by atoms with E-state index in [9.17, 15) is 9.90 Å². The van der Waals surface area contributed by atoms with Gasteiger partial charge >= 0.3 is 0 Å². The first-order chi connectivity index (χ1) is 13.7. The molecule has 0 amide bonds. The summed E-state index contributed by atoms with van der Waals surface area (Å²) in [6.45, 7) is 0. The summed E-state index contributed by atoms with van der Waals surface area (Å²) < 4.78 is 6.50. The molecule has 0 radical (unpaired) electrons. The maximum Gasteiger partial charge on any atom is 0.265 e. The second-order valence-corrected chi connectivity index (χ2v) is 6.07. The lowest BCUT2D eigenvalue weighted by Crippen LogP contribution is -2.20. The first-order valence-electron chi connectivity index (χ1n) is 8.65. The van der Waals surface area contributed by atoms with Crippen molar-refractivity contribution in [2.24, 2.45) is 4.99 Å². The van der Waals surface area contributed by atoms with Crippen molar-refractivity contribution in [1.29, 1.82) is 0 Å². The van der Waals surface area contributed by atoms with E-state index in [0.29, 0.717) is 33.6 Å². The standard InChI is InChI=1S/C22H17N3O3/c1-28-16-8-6-7-15(13-16)25-21(26)18-10-3-2-9-17(18)19(22(25)27)14-24-20-11-4-5-12-23-20/h2-14,27H,1H3. The van der Waals surface area contributed by atoms with Gasteiger partial charge < -0.3 is 9.84 Å². The van der Waals surface area contributed by atoms with E-state index >= 15 is 0 Å². The second kappa shape index (κ2) is 7.36. The van der Waals surface area contributed by atoms with Crippen LogP contribution < -0.4 is 10.3 Å². The summed E-state index contributed by atoms with van der Waals surface area (Å²) in [5.41, 5.74) is 0.611. The van der Waals surface area contributed by atoms with Gasteiger partial charge in [-0.25, -0.2) is 14.5 Å². The first-order valence-corrected chi connectivity index (χ1v) is 8.65. The van der Waals surface area contributed by atoms with Crippen LogP contribution in [0.3, 0.4) is 0 Å². The lowest BCUT2D eigenvalue weighted by atomic mass is 10.1. The molecule has 0 fully saturated rings. The lowest BCUT2D eigenvalue weighted by Gasteiger charge is -2.14. The summed E-state index contributed by atoms with van der Waals surface area (Å²) in [6, 6.07) is 19.5. The van der Waals surface area contributed by atoms with Gasteiger partial charge in [0, 0.05) is 29.3 Å². The van der Waals surface area contributed by atoms with Gasteiger partial charge in [0.1, 0.15) is 5.75 Å². The van der Waals surface area contributed by atoms with Gasteiger partial charge in [-0.05, 0) is 30.3 Å². The van der Waals surface area contributed by atoms with Gasteiger partial charge in [-0.2, -0.15) is 0 Å². The molecule has 2 heterocycles. The molecule has 0 spiro atoms. The Labute approximate surface area is 161 Å². The number of nitrogens with zero attached hydrogens (tertiary/aromatic N) is 3. The molecule has 0 unspecified atom stereocenters. The molecule has 0 aliphatic carbocycles. The van der Waals surface area contributed by atoms with Crippen LogP contribution >= 0.6 is 0 Å². The number of hydrogen-bond acceptors (Lipinski definition) is 5. The van der Waals surface area contributed by atoms with Gasteiger partial charge in [-0.15, -0.1) is 0 Å². The minimum atomic E-state index is -0.323. The largest absolute Gasteiger partial charge is 0.497 e. The van der Waals surface area contributed by atoms with Crippen molar-refractivity contribution in [3.05, 3.63) is 88.8 Å². The molecule has 4 rings (SSSR count). The Bertz CT molecular complexity index is 1230. The number of methoxy groups -OCH3 is 1. The van der Waals surface area contributed by atoms with Crippen LogP contribution in [-0.4, -0.2) is 28.0 Å². The van der Waals surface area contributed by atoms with Gasteiger partial charge in [0.05, 0.1) is 18.4 Å². The third-order valence-corrected chi connectivity index (χ3v) is 4.39. The minimum absolute atomic E-state index is 0.198.